The molecule has 3 heterocycles. The number of hydrogen-bond donors (Lipinski definition) is 1. The fraction of sp³-hybridized carbons (Fsp3) is 0.263. The first kappa shape index (κ1) is 17.4. The molecule has 1 aromatic carbocycles. The third kappa shape index (κ3) is 3.21. The van der Waals surface area contributed by atoms with E-state index in [1.807, 2.05) is 29.2 Å². The second kappa shape index (κ2) is 7.32. The third-order valence-electron chi connectivity index (χ3n) is 4.70. The van der Waals surface area contributed by atoms with Gasteiger partial charge >= 0.3 is 0 Å². The summed E-state index contributed by atoms with van der Waals surface area (Å²) >= 11 is 7.66. The fourth-order valence-corrected chi connectivity index (χ4v) is 4.32. The average molecular weight is 387 g/mol. The monoisotopic (exact) mass is 386 g/mol. The van der Waals surface area contributed by atoms with E-state index in [1.54, 1.807) is 23.7 Å². The highest BCUT2D eigenvalue weighted by atomic mass is 35.5. The van der Waals surface area contributed by atoms with E-state index in [0.29, 0.717) is 0 Å². The zero-order valence-electron chi connectivity index (χ0n) is 14.2. The number of rotatable bonds is 4. The molecular weight excluding hydrogens is 368 g/mol. The number of fused-ring (bicyclic) bond motifs is 1. The average Bonchev–Trinajstić information content (AvgIpc) is 3.12. The van der Waals surface area contributed by atoms with Crippen LogP contribution >= 0.6 is 22.9 Å². The molecule has 0 radical (unpaired) electrons. The van der Waals surface area contributed by atoms with Crippen LogP contribution in [-0.2, 0) is 0 Å². The Labute approximate surface area is 161 Å². The van der Waals surface area contributed by atoms with Crippen molar-refractivity contribution >= 4 is 39.0 Å². The predicted molar refractivity (Wildman–Crippen MR) is 108 cm³/mol. The number of benzene rings is 1. The van der Waals surface area contributed by atoms with Crippen molar-refractivity contribution in [2.75, 3.05) is 31.1 Å². The molecule has 0 spiro atoms. The first-order chi connectivity index (χ1) is 12.7. The molecular formula is C19H19ClN4OS. The molecule has 4 rings (SSSR count). The highest BCUT2D eigenvalue weighted by Gasteiger charge is 2.24. The van der Waals surface area contributed by atoms with Gasteiger partial charge in [-0.1, -0.05) is 30.3 Å². The largest absolute Gasteiger partial charge is 0.375 e. The standard InChI is InChI=1S/C19H19ClN4OS/c1-2-16(25)23-7-9-24(10-8-23)18-17-15(11-26-19(17)22-12-21-18)13-3-5-14(20)6-4-13/h2-6,11-12,16,25H,1,7-10H2. The van der Waals surface area contributed by atoms with Crippen molar-refractivity contribution in [3.05, 3.63) is 53.7 Å². The predicted octanol–water partition coefficient (Wildman–Crippen LogP) is 3.64. The van der Waals surface area contributed by atoms with Gasteiger partial charge in [0.2, 0.25) is 0 Å². The number of thiophene rings is 1. The van der Waals surface area contributed by atoms with Gasteiger partial charge < -0.3 is 10.0 Å². The number of hydrogen-bond acceptors (Lipinski definition) is 6. The Morgan fingerprint density at radius 3 is 2.58 bits per heavy atom. The van der Waals surface area contributed by atoms with Crippen LogP contribution in [0.3, 0.4) is 0 Å². The molecule has 1 fully saturated rings. The maximum absolute atomic E-state index is 9.95. The summed E-state index contributed by atoms with van der Waals surface area (Å²) in [5, 5.41) is 13.9. The number of nitrogens with zero attached hydrogens (tertiary/aromatic N) is 4. The summed E-state index contributed by atoms with van der Waals surface area (Å²) < 4.78 is 0. The van der Waals surface area contributed by atoms with Crippen LogP contribution in [-0.4, -0.2) is 52.4 Å². The molecule has 0 aliphatic carbocycles. The second-order valence-corrected chi connectivity index (χ2v) is 7.50. The number of piperazine rings is 1. The fourth-order valence-electron chi connectivity index (χ4n) is 3.29. The van der Waals surface area contributed by atoms with E-state index >= 15 is 0 Å². The van der Waals surface area contributed by atoms with Gasteiger partial charge in [0.05, 0.1) is 5.39 Å². The van der Waals surface area contributed by atoms with Gasteiger partial charge in [0.1, 0.15) is 23.2 Å². The van der Waals surface area contributed by atoms with Crippen molar-refractivity contribution in [3.8, 4) is 11.1 Å². The van der Waals surface area contributed by atoms with Crippen molar-refractivity contribution in [1.82, 2.24) is 14.9 Å². The summed E-state index contributed by atoms with van der Waals surface area (Å²) in [5.74, 6) is 0.953. The molecule has 1 atom stereocenters. The van der Waals surface area contributed by atoms with Gasteiger partial charge in [-0.2, -0.15) is 0 Å². The van der Waals surface area contributed by atoms with Crippen LogP contribution in [0.1, 0.15) is 0 Å². The molecule has 0 amide bonds. The van der Waals surface area contributed by atoms with E-state index in [9.17, 15) is 5.11 Å². The molecule has 1 aliphatic heterocycles. The maximum Gasteiger partial charge on any atom is 0.141 e. The van der Waals surface area contributed by atoms with Crippen LogP contribution in [0.2, 0.25) is 5.02 Å². The molecule has 7 heteroatoms. The van der Waals surface area contributed by atoms with Crippen LogP contribution in [0, 0.1) is 0 Å². The summed E-state index contributed by atoms with van der Waals surface area (Å²) in [6.45, 7) is 6.79. The maximum atomic E-state index is 9.95. The first-order valence-corrected chi connectivity index (χ1v) is 9.71. The van der Waals surface area contributed by atoms with Gasteiger partial charge in [-0.25, -0.2) is 9.97 Å². The van der Waals surface area contributed by atoms with Gasteiger partial charge in [-0.3, -0.25) is 4.90 Å². The van der Waals surface area contributed by atoms with Crippen molar-refractivity contribution in [2.24, 2.45) is 0 Å². The Hall–Kier alpha value is -1.99. The molecule has 0 bridgehead atoms. The molecule has 0 saturated carbocycles. The van der Waals surface area contributed by atoms with Gasteiger partial charge in [-0.05, 0) is 23.8 Å². The summed E-state index contributed by atoms with van der Waals surface area (Å²) in [5.41, 5.74) is 2.24. The van der Waals surface area contributed by atoms with Gasteiger partial charge in [0.15, 0.2) is 0 Å². The summed E-state index contributed by atoms with van der Waals surface area (Å²) in [4.78, 5) is 14.3. The van der Waals surface area contributed by atoms with Gasteiger partial charge in [0, 0.05) is 42.1 Å². The number of anilines is 1. The number of halogens is 1. The number of aliphatic hydroxyl groups is 1. The molecule has 1 aliphatic rings. The zero-order chi connectivity index (χ0) is 18.1. The molecule has 5 nitrogen and oxygen atoms in total. The lowest BCUT2D eigenvalue weighted by molar-refractivity contribution is 0.0380. The third-order valence-corrected chi connectivity index (χ3v) is 5.84. The van der Waals surface area contributed by atoms with E-state index in [-0.39, 0.29) is 0 Å². The summed E-state index contributed by atoms with van der Waals surface area (Å²) in [7, 11) is 0. The Balaban J connectivity index is 1.69. The lowest BCUT2D eigenvalue weighted by Crippen LogP contribution is -2.50. The minimum atomic E-state index is -0.589. The number of aliphatic hydroxyl groups excluding tert-OH is 1. The SMILES string of the molecule is C=CC(O)N1CCN(c2ncnc3scc(-c4ccc(Cl)cc4)c23)CC1. The normalized spacial score (nSPS) is 16.8. The van der Waals surface area contributed by atoms with E-state index in [0.717, 1.165) is 58.4 Å². The van der Waals surface area contributed by atoms with Gasteiger partial charge in [-0.15, -0.1) is 11.3 Å². The van der Waals surface area contributed by atoms with E-state index in [2.05, 4.69) is 26.8 Å². The minimum Gasteiger partial charge on any atom is -0.375 e. The van der Waals surface area contributed by atoms with Crippen molar-refractivity contribution < 1.29 is 5.11 Å². The zero-order valence-corrected chi connectivity index (χ0v) is 15.7. The molecule has 134 valence electrons. The summed E-state index contributed by atoms with van der Waals surface area (Å²) in [6.07, 6.45) is 2.61. The van der Waals surface area contributed by atoms with E-state index in [4.69, 9.17) is 11.6 Å². The Morgan fingerprint density at radius 1 is 1.15 bits per heavy atom. The molecule has 1 N–H and O–H groups in total. The Bertz CT molecular complexity index is 919. The highest BCUT2D eigenvalue weighted by Crippen LogP contribution is 2.38. The van der Waals surface area contributed by atoms with Crippen molar-refractivity contribution in [1.29, 1.82) is 0 Å². The van der Waals surface area contributed by atoms with Crippen LogP contribution in [0.15, 0.2) is 48.6 Å². The van der Waals surface area contributed by atoms with Crippen LogP contribution in [0.4, 0.5) is 5.82 Å². The lowest BCUT2D eigenvalue weighted by atomic mass is 10.1. The quantitative estimate of drug-likeness (QED) is 0.694. The molecule has 3 aromatic rings. The van der Waals surface area contributed by atoms with Crippen molar-refractivity contribution in [3.63, 3.8) is 0 Å². The Morgan fingerprint density at radius 2 is 1.88 bits per heavy atom. The Kier molecular flexibility index (Phi) is 4.91. The highest BCUT2D eigenvalue weighted by molar-refractivity contribution is 7.17. The van der Waals surface area contributed by atoms with E-state index < -0.39 is 6.23 Å². The lowest BCUT2D eigenvalue weighted by Gasteiger charge is -2.37. The van der Waals surface area contributed by atoms with Crippen molar-refractivity contribution in [2.45, 2.75) is 6.23 Å². The molecule has 2 aromatic heterocycles. The smallest absolute Gasteiger partial charge is 0.141 e. The van der Waals surface area contributed by atoms with Gasteiger partial charge in [0.25, 0.3) is 0 Å². The topological polar surface area (TPSA) is 52.5 Å². The summed E-state index contributed by atoms with van der Waals surface area (Å²) in [6, 6.07) is 7.86. The number of aromatic nitrogens is 2. The van der Waals surface area contributed by atoms with Crippen LogP contribution < -0.4 is 4.90 Å². The molecule has 1 unspecified atom stereocenters. The van der Waals surface area contributed by atoms with Crippen LogP contribution in [0.25, 0.3) is 21.3 Å². The first-order valence-electron chi connectivity index (χ1n) is 8.45. The molecule has 1 saturated heterocycles. The van der Waals surface area contributed by atoms with Crippen LogP contribution in [0.5, 0.6) is 0 Å². The van der Waals surface area contributed by atoms with E-state index in [1.165, 1.54) is 0 Å². The minimum absolute atomic E-state index is 0.589. The molecule has 26 heavy (non-hydrogen) atoms. The second-order valence-electron chi connectivity index (χ2n) is 6.21.